The van der Waals surface area contributed by atoms with E-state index < -0.39 is 84.1 Å². The molecule has 53 heavy (non-hydrogen) atoms. The molecule has 0 unspecified atom stereocenters. The number of furan rings is 1. The van der Waals surface area contributed by atoms with E-state index in [-0.39, 0.29) is 32.7 Å². The van der Waals surface area contributed by atoms with Crippen molar-refractivity contribution in [3.8, 4) is 44.5 Å². The lowest BCUT2D eigenvalue weighted by Crippen LogP contribution is -1.92. The highest BCUT2D eigenvalue weighted by atomic mass is 16.3. The van der Waals surface area contributed by atoms with Gasteiger partial charge >= 0.3 is 0 Å². The molecule has 0 fully saturated rings. The second-order valence-electron chi connectivity index (χ2n) is 13.0. The number of rotatable bonds is 4. The van der Waals surface area contributed by atoms with Crippen LogP contribution in [0.25, 0.3) is 110 Å². The van der Waals surface area contributed by atoms with Gasteiger partial charge in [0.15, 0.2) is 0 Å². The van der Waals surface area contributed by atoms with Crippen LogP contribution in [-0.4, -0.2) is 0 Å². The van der Waals surface area contributed by atoms with Crippen LogP contribution in [0.1, 0.15) is 17.8 Å². The summed E-state index contributed by atoms with van der Waals surface area (Å²) in [5.74, 6) is 0. The Morgan fingerprint density at radius 1 is 0.358 bits per heavy atom. The van der Waals surface area contributed by atoms with Gasteiger partial charge in [0.25, 0.3) is 0 Å². The maximum Gasteiger partial charge on any atom is 0.143 e. The Labute approximate surface area is 325 Å². The van der Waals surface area contributed by atoms with Crippen LogP contribution in [0.4, 0.5) is 0 Å². The predicted molar refractivity (Wildman–Crippen MR) is 225 cm³/mol. The van der Waals surface area contributed by atoms with Crippen molar-refractivity contribution in [2.75, 3.05) is 0 Å². The topological polar surface area (TPSA) is 13.1 Å². The second kappa shape index (κ2) is 11.8. The molecule has 0 amide bonds. The maximum atomic E-state index is 9.45. The minimum atomic E-state index is -0.719. The summed E-state index contributed by atoms with van der Waals surface area (Å²) in [6.45, 7) is 0. The van der Waals surface area contributed by atoms with E-state index in [4.69, 9.17) is 16.8 Å². The van der Waals surface area contributed by atoms with E-state index in [9.17, 15) is 5.48 Å². The van der Waals surface area contributed by atoms with E-state index in [0.29, 0.717) is 27.5 Å². The van der Waals surface area contributed by atoms with Gasteiger partial charge in [0.05, 0.1) is 17.8 Å². The number of hydrogen-bond acceptors (Lipinski definition) is 1. The third-order valence-electron chi connectivity index (χ3n) is 10.2. The molecule has 246 valence electrons. The van der Waals surface area contributed by atoms with Crippen molar-refractivity contribution < 1.29 is 22.2 Å². The van der Waals surface area contributed by atoms with Crippen molar-refractivity contribution in [3.05, 3.63) is 194 Å². The second-order valence-corrected chi connectivity index (χ2v) is 13.0. The Morgan fingerprint density at radius 3 is 1.70 bits per heavy atom. The molecule has 1 aromatic heterocycles. The first kappa shape index (κ1) is 19.6. The first-order valence-corrected chi connectivity index (χ1v) is 17.2. The fourth-order valence-electron chi connectivity index (χ4n) is 7.93. The van der Waals surface area contributed by atoms with E-state index in [1.165, 1.54) is 0 Å². The van der Waals surface area contributed by atoms with Crippen molar-refractivity contribution in [2.24, 2.45) is 0 Å². The molecule has 1 nitrogen and oxygen atoms in total. The molecule has 0 aliphatic rings. The normalized spacial score (nSPS) is 15.2. The zero-order valence-electron chi connectivity index (χ0n) is 40.9. The first-order valence-electron chi connectivity index (χ1n) is 23.7. The summed E-state index contributed by atoms with van der Waals surface area (Å²) in [4.78, 5) is 0. The molecule has 0 atom stereocenters. The van der Waals surface area contributed by atoms with Gasteiger partial charge in [-0.2, -0.15) is 0 Å². The fourth-order valence-corrected chi connectivity index (χ4v) is 7.93. The molecule has 11 rings (SSSR count). The van der Waals surface area contributed by atoms with Gasteiger partial charge in [0.1, 0.15) is 11.2 Å². The lowest BCUT2D eigenvalue weighted by Gasteiger charge is -2.19. The molecule has 0 radical (unpaired) electrons. The highest BCUT2D eigenvalue weighted by Crippen LogP contribution is 2.48. The quantitative estimate of drug-likeness (QED) is 0.168. The summed E-state index contributed by atoms with van der Waals surface area (Å²) < 4.78 is 123. The molecule has 0 saturated heterocycles. The smallest absolute Gasteiger partial charge is 0.143 e. The summed E-state index contributed by atoms with van der Waals surface area (Å²) in [5.41, 5.74) is 4.59. The van der Waals surface area contributed by atoms with E-state index >= 15 is 0 Å². The van der Waals surface area contributed by atoms with Gasteiger partial charge in [-0.15, -0.1) is 0 Å². The molecule has 0 saturated carbocycles. The monoisotopic (exact) mass is 685 g/mol. The van der Waals surface area contributed by atoms with Crippen LogP contribution in [0.5, 0.6) is 0 Å². The summed E-state index contributed by atoms with van der Waals surface area (Å²) in [6, 6.07) is 29.2. The molecular formula is C52H32O. The van der Waals surface area contributed by atoms with Crippen molar-refractivity contribution in [2.45, 2.75) is 0 Å². The molecule has 10 aromatic carbocycles. The Bertz CT molecular complexity index is 3880. The van der Waals surface area contributed by atoms with Crippen LogP contribution in [0.15, 0.2) is 198 Å². The average molecular weight is 686 g/mol. The van der Waals surface area contributed by atoms with Gasteiger partial charge in [0.2, 0.25) is 0 Å². The SMILES string of the molecule is [2H]c1c([2H])c([2H])c(-c2c3c([2H])c([2H])c([2H])c([2H])c3c(-c3ccc(-c4cccc5c4oc4cccc(-c6ccc7ccccc7c6)c45)c4ccccc34)c3c([2H])c([2H])c([2H])c([2H])c23)c([2H])c1[2H]. The van der Waals surface area contributed by atoms with Gasteiger partial charge in [0, 0.05) is 16.3 Å². The largest absolute Gasteiger partial charge is 0.455 e. The first-order chi connectivity index (χ1) is 31.7. The van der Waals surface area contributed by atoms with Gasteiger partial charge in [-0.25, -0.2) is 0 Å². The highest BCUT2D eigenvalue weighted by molar-refractivity contribution is 6.25. The van der Waals surface area contributed by atoms with E-state index in [0.717, 1.165) is 43.8 Å². The van der Waals surface area contributed by atoms with Crippen molar-refractivity contribution in [3.63, 3.8) is 0 Å². The Morgan fingerprint density at radius 2 is 0.943 bits per heavy atom. The third kappa shape index (κ3) is 4.58. The number of benzene rings is 10. The summed E-state index contributed by atoms with van der Waals surface area (Å²) >= 11 is 0. The fraction of sp³-hybridized carbons (Fsp3) is 0. The van der Waals surface area contributed by atoms with E-state index in [1.807, 2.05) is 72.8 Å². The lowest BCUT2D eigenvalue weighted by molar-refractivity contribution is 0.670. The van der Waals surface area contributed by atoms with Crippen LogP contribution >= 0.6 is 0 Å². The van der Waals surface area contributed by atoms with Crippen LogP contribution < -0.4 is 0 Å². The number of fused-ring (bicyclic) bond motifs is 7. The third-order valence-corrected chi connectivity index (χ3v) is 10.2. The van der Waals surface area contributed by atoms with E-state index in [2.05, 4.69) is 36.4 Å². The Balaban J connectivity index is 1.25. The van der Waals surface area contributed by atoms with Crippen molar-refractivity contribution in [1.82, 2.24) is 0 Å². The van der Waals surface area contributed by atoms with Crippen LogP contribution in [0, 0.1) is 0 Å². The molecule has 0 N–H and O–H groups in total. The maximum absolute atomic E-state index is 9.45. The summed E-state index contributed by atoms with van der Waals surface area (Å²) in [6.07, 6.45) is 0. The summed E-state index contributed by atoms with van der Waals surface area (Å²) in [5, 5.41) is 4.59. The minimum Gasteiger partial charge on any atom is -0.455 e. The number of para-hydroxylation sites is 1. The van der Waals surface area contributed by atoms with Crippen LogP contribution in [-0.2, 0) is 0 Å². The standard InChI is InChI=1S/C52H32O/c1-2-15-34(16-3-1)49-41-20-8-10-22-43(41)50(44-23-11-9-21-42(44)49)45-31-30-40(38-18-6-7-19-39(38)45)46-25-12-26-47-51-37(24-13-27-48(51)53-52(46)47)36-29-28-33-14-4-5-17-35(33)32-36/h1-32H/i1D,2D,3D,8D,9D,10D,11D,15D,16D,20D,21D,22D,23D. The Kier molecular flexibility index (Phi) is 4.36. The minimum absolute atomic E-state index is 0.0693. The zero-order valence-corrected chi connectivity index (χ0v) is 27.9. The van der Waals surface area contributed by atoms with E-state index in [1.54, 1.807) is 6.07 Å². The molecule has 0 bridgehead atoms. The molecule has 1 heterocycles. The molecule has 11 aromatic rings. The Hall–Kier alpha value is -6.96. The molecule has 0 aliphatic heterocycles. The van der Waals surface area contributed by atoms with Gasteiger partial charge < -0.3 is 4.42 Å². The highest BCUT2D eigenvalue weighted by Gasteiger charge is 2.21. The van der Waals surface area contributed by atoms with Crippen LogP contribution in [0.2, 0.25) is 0 Å². The molecular weight excluding hydrogens is 641 g/mol. The van der Waals surface area contributed by atoms with Gasteiger partial charge in [-0.05, 0) is 94.2 Å². The van der Waals surface area contributed by atoms with Crippen LogP contribution in [0.3, 0.4) is 0 Å². The molecule has 0 spiro atoms. The number of hydrogen-bond donors (Lipinski definition) is 0. The predicted octanol–water partition coefficient (Wildman–Crippen LogP) is 14.9. The molecule has 1 heteroatoms. The average Bonchev–Trinajstić information content (AvgIpc) is 3.73. The lowest BCUT2D eigenvalue weighted by atomic mass is 9.83. The summed E-state index contributed by atoms with van der Waals surface area (Å²) in [7, 11) is 0. The van der Waals surface area contributed by atoms with Gasteiger partial charge in [-0.1, -0.05) is 182 Å². The van der Waals surface area contributed by atoms with Crippen molar-refractivity contribution >= 4 is 65.0 Å². The van der Waals surface area contributed by atoms with Crippen molar-refractivity contribution in [1.29, 1.82) is 0 Å². The van der Waals surface area contributed by atoms with Gasteiger partial charge in [-0.3, -0.25) is 0 Å². The zero-order chi connectivity index (χ0) is 46.2. The molecule has 0 aliphatic carbocycles.